The van der Waals surface area contributed by atoms with E-state index in [4.69, 9.17) is 9.47 Å². The van der Waals surface area contributed by atoms with E-state index in [1.807, 2.05) is 30.3 Å². The Hall–Kier alpha value is -2.67. The molecule has 0 saturated carbocycles. The number of carbonyl (C=O) groups excluding carboxylic acids is 1. The molecular weight excluding hydrogens is 356 g/mol. The predicted octanol–water partition coefficient (Wildman–Crippen LogP) is 4.37. The summed E-state index contributed by atoms with van der Waals surface area (Å²) in [6.45, 7) is 1.86. The van der Waals surface area contributed by atoms with Crippen molar-refractivity contribution in [2.75, 3.05) is 7.11 Å². The highest BCUT2D eigenvalue weighted by atomic mass is 19.3. The van der Waals surface area contributed by atoms with Gasteiger partial charge in [-0.1, -0.05) is 43.3 Å². The molecule has 0 bridgehead atoms. The number of hydrogen-bond donors (Lipinski definition) is 2. The maximum Gasteiger partial charge on any atom is 0.407 e. The molecule has 27 heavy (non-hydrogen) atoms. The second-order valence-electron chi connectivity index (χ2n) is 5.97. The first kappa shape index (κ1) is 20.6. The average Bonchev–Trinajstić information content (AvgIpc) is 2.70. The van der Waals surface area contributed by atoms with Crippen LogP contribution in [0.3, 0.4) is 0 Å². The molecule has 2 atom stereocenters. The van der Waals surface area contributed by atoms with Crippen molar-refractivity contribution in [2.45, 2.75) is 38.5 Å². The van der Waals surface area contributed by atoms with E-state index in [0.29, 0.717) is 6.42 Å². The van der Waals surface area contributed by atoms with Crippen molar-refractivity contribution in [3.63, 3.8) is 0 Å². The van der Waals surface area contributed by atoms with Gasteiger partial charge in [0.2, 0.25) is 0 Å². The van der Waals surface area contributed by atoms with Crippen LogP contribution in [-0.4, -0.2) is 24.4 Å². The van der Waals surface area contributed by atoms with Gasteiger partial charge < -0.3 is 19.9 Å². The Morgan fingerprint density at radius 3 is 2.48 bits per heavy atom. The summed E-state index contributed by atoms with van der Waals surface area (Å²) in [4.78, 5) is 12.0. The SMILES string of the molecule is CC[C@@H](NC(=O)OCc1ccccc1)C(O)c1ccc(OC)c(C(F)F)c1. The molecule has 0 fully saturated rings. The van der Waals surface area contributed by atoms with Crippen molar-refractivity contribution in [1.29, 1.82) is 0 Å². The summed E-state index contributed by atoms with van der Waals surface area (Å²) in [5, 5.41) is 13.1. The number of alkyl halides is 2. The van der Waals surface area contributed by atoms with E-state index in [0.717, 1.165) is 5.56 Å². The summed E-state index contributed by atoms with van der Waals surface area (Å²) in [6, 6.07) is 12.5. The molecule has 7 heteroatoms. The first-order valence-corrected chi connectivity index (χ1v) is 8.57. The number of halogens is 2. The van der Waals surface area contributed by atoms with Crippen LogP contribution in [0.1, 0.15) is 42.6 Å². The second-order valence-corrected chi connectivity index (χ2v) is 5.97. The first-order chi connectivity index (χ1) is 13.0. The molecule has 2 N–H and O–H groups in total. The summed E-state index contributed by atoms with van der Waals surface area (Å²) in [5.41, 5.74) is 0.787. The Balaban J connectivity index is 2.03. The third-order valence-electron chi connectivity index (χ3n) is 4.17. The standard InChI is InChI=1S/C20H23F2NO4/c1-3-16(23-20(25)27-12-13-7-5-4-6-8-13)18(24)14-9-10-17(26-2)15(11-14)19(21)22/h4-11,16,18-19,24H,3,12H2,1-2H3,(H,23,25)/t16-,18?/m1/s1. The second kappa shape index (κ2) is 9.87. The van der Waals surface area contributed by atoms with Gasteiger partial charge in [-0.15, -0.1) is 0 Å². The summed E-state index contributed by atoms with van der Waals surface area (Å²) in [6.07, 6.45) is -4.21. The summed E-state index contributed by atoms with van der Waals surface area (Å²) < 4.78 is 36.4. The Morgan fingerprint density at radius 1 is 1.19 bits per heavy atom. The lowest BCUT2D eigenvalue weighted by atomic mass is 9.98. The van der Waals surface area contributed by atoms with Crippen LogP contribution in [0.15, 0.2) is 48.5 Å². The number of aliphatic hydroxyl groups is 1. The summed E-state index contributed by atoms with van der Waals surface area (Å²) in [7, 11) is 1.30. The van der Waals surface area contributed by atoms with E-state index in [-0.39, 0.29) is 23.5 Å². The van der Waals surface area contributed by atoms with Crippen LogP contribution in [0, 0.1) is 0 Å². The van der Waals surface area contributed by atoms with Crippen molar-refractivity contribution in [2.24, 2.45) is 0 Å². The number of amides is 1. The van der Waals surface area contributed by atoms with E-state index >= 15 is 0 Å². The van der Waals surface area contributed by atoms with Gasteiger partial charge in [-0.05, 0) is 29.7 Å². The Morgan fingerprint density at radius 2 is 1.89 bits per heavy atom. The zero-order valence-electron chi connectivity index (χ0n) is 15.2. The van der Waals surface area contributed by atoms with Gasteiger partial charge in [0.05, 0.1) is 24.8 Å². The Kier molecular flexibility index (Phi) is 7.55. The largest absolute Gasteiger partial charge is 0.496 e. The lowest BCUT2D eigenvalue weighted by Crippen LogP contribution is -2.39. The number of aliphatic hydroxyl groups excluding tert-OH is 1. The van der Waals surface area contributed by atoms with Crippen LogP contribution in [0.2, 0.25) is 0 Å². The van der Waals surface area contributed by atoms with Gasteiger partial charge in [0.15, 0.2) is 0 Å². The van der Waals surface area contributed by atoms with Crippen molar-refractivity contribution < 1.29 is 28.2 Å². The smallest absolute Gasteiger partial charge is 0.407 e. The maximum absolute atomic E-state index is 13.2. The molecule has 2 rings (SSSR count). The zero-order valence-corrected chi connectivity index (χ0v) is 15.2. The van der Waals surface area contributed by atoms with Gasteiger partial charge in [0.1, 0.15) is 12.4 Å². The third kappa shape index (κ3) is 5.65. The summed E-state index contributed by atoms with van der Waals surface area (Å²) >= 11 is 0. The molecule has 1 amide bonds. The summed E-state index contributed by atoms with van der Waals surface area (Å²) in [5.74, 6) is 0.0456. The van der Waals surface area contributed by atoms with Gasteiger partial charge in [-0.25, -0.2) is 13.6 Å². The molecule has 5 nitrogen and oxygen atoms in total. The van der Waals surface area contributed by atoms with Crippen LogP contribution in [-0.2, 0) is 11.3 Å². The Labute approximate surface area is 156 Å². The topological polar surface area (TPSA) is 67.8 Å². The minimum Gasteiger partial charge on any atom is -0.496 e. The third-order valence-corrected chi connectivity index (χ3v) is 4.17. The van der Waals surface area contributed by atoms with Gasteiger partial charge in [0, 0.05) is 0 Å². The fraction of sp³-hybridized carbons (Fsp3) is 0.350. The van der Waals surface area contributed by atoms with E-state index in [1.165, 1.54) is 25.3 Å². The molecule has 0 aromatic heterocycles. The molecule has 0 aliphatic heterocycles. The van der Waals surface area contributed by atoms with Crippen molar-refractivity contribution in [1.82, 2.24) is 5.32 Å². The average molecular weight is 379 g/mol. The van der Waals surface area contributed by atoms with Gasteiger partial charge in [0.25, 0.3) is 6.43 Å². The number of rotatable bonds is 8. The number of alkyl carbamates (subject to hydrolysis) is 1. The molecule has 146 valence electrons. The molecule has 0 spiro atoms. The molecule has 0 radical (unpaired) electrons. The van der Waals surface area contributed by atoms with Crippen LogP contribution in [0.25, 0.3) is 0 Å². The van der Waals surface area contributed by atoms with Crippen molar-refractivity contribution >= 4 is 6.09 Å². The molecular formula is C20H23F2NO4. The number of hydrogen-bond acceptors (Lipinski definition) is 4. The monoisotopic (exact) mass is 379 g/mol. The van der Waals surface area contributed by atoms with E-state index in [9.17, 15) is 18.7 Å². The lowest BCUT2D eigenvalue weighted by molar-refractivity contribution is 0.0996. The van der Waals surface area contributed by atoms with Crippen molar-refractivity contribution in [3.05, 3.63) is 65.2 Å². The first-order valence-electron chi connectivity index (χ1n) is 8.57. The predicted molar refractivity (Wildman–Crippen MR) is 96.8 cm³/mol. The van der Waals surface area contributed by atoms with E-state index in [1.54, 1.807) is 6.92 Å². The lowest BCUT2D eigenvalue weighted by Gasteiger charge is -2.24. The highest BCUT2D eigenvalue weighted by molar-refractivity contribution is 5.67. The molecule has 2 aromatic rings. The minimum atomic E-state index is -2.74. The highest BCUT2D eigenvalue weighted by Crippen LogP contribution is 2.32. The van der Waals surface area contributed by atoms with Crippen LogP contribution in [0.4, 0.5) is 13.6 Å². The molecule has 0 heterocycles. The van der Waals surface area contributed by atoms with Gasteiger partial charge in [-0.2, -0.15) is 0 Å². The van der Waals surface area contributed by atoms with E-state index in [2.05, 4.69) is 5.32 Å². The zero-order chi connectivity index (χ0) is 19.8. The Bertz CT molecular complexity index is 740. The quantitative estimate of drug-likeness (QED) is 0.715. The highest BCUT2D eigenvalue weighted by Gasteiger charge is 2.24. The minimum absolute atomic E-state index is 0.0456. The molecule has 0 aliphatic carbocycles. The number of methoxy groups -OCH3 is 1. The molecule has 1 unspecified atom stereocenters. The van der Waals surface area contributed by atoms with E-state index < -0.39 is 24.7 Å². The number of carbonyl (C=O) groups is 1. The fourth-order valence-corrected chi connectivity index (χ4v) is 2.66. The molecule has 0 saturated heterocycles. The van der Waals surface area contributed by atoms with Crippen LogP contribution < -0.4 is 10.1 Å². The fourth-order valence-electron chi connectivity index (χ4n) is 2.66. The normalized spacial score (nSPS) is 13.1. The van der Waals surface area contributed by atoms with Crippen LogP contribution >= 0.6 is 0 Å². The molecule has 0 aliphatic rings. The van der Waals surface area contributed by atoms with Crippen LogP contribution in [0.5, 0.6) is 5.75 Å². The maximum atomic E-state index is 13.2. The molecule has 2 aromatic carbocycles. The van der Waals surface area contributed by atoms with Crippen molar-refractivity contribution in [3.8, 4) is 5.75 Å². The number of benzene rings is 2. The number of ether oxygens (including phenoxy) is 2. The van der Waals surface area contributed by atoms with Gasteiger partial charge >= 0.3 is 6.09 Å². The number of nitrogens with one attached hydrogen (secondary N) is 1. The van der Waals surface area contributed by atoms with Gasteiger partial charge in [-0.3, -0.25) is 0 Å².